The summed E-state index contributed by atoms with van der Waals surface area (Å²) in [6.45, 7) is 3.53. The predicted octanol–water partition coefficient (Wildman–Crippen LogP) is 1.42. The van der Waals surface area contributed by atoms with E-state index in [1.807, 2.05) is 22.1 Å². The van der Waals surface area contributed by atoms with Crippen LogP contribution in [0.4, 0.5) is 0 Å². The Morgan fingerprint density at radius 1 is 1.27 bits per heavy atom. The van der Waals surface area contributed by atoms with E-state index >= 15 is 0 Å². The molecule has 5 rings (SSSR count). The summed E-state index contributed by atoms with van der Waals surface area (Å²) >= 11 is 0. The zero-order chi connectivity index (χ0) is 17.8. The summed E-state index contributed by atoms with van der Waals surface area (Å²) in [4.78, 5) is 36.1. The minimum absolute atomic E-state index is 0.0432. The van der Waals surface area contributed by atoms with Crippen LogP contribution in [0.5, 0.6) is 0 Å². The topological polar surface area (TPSA) is 95.3 Å². The van der Waals surface area contributed by atoms with Crippen molar-refractivity contribution in [3.05, 3.63) is 35.2 Å². The molecule has 8 heteroatoms. The van der Waals surface area contributed by atoms with Gasteiger partial charge >= 0.3 is 0 Å². The Balaban J connectivity index is 1.22. The molecule has 0 spiro atoms. The van der Waals surface area contributed by atoms with Gasteiger partial charge in [0.05, 0.1) is 12.0 Å². The maximum atomic E-state index is 12.7. The first-order chi connectivity index (χ1) is 12.6. The quantitative estimate of drug-likeness (QED) is 0.895. The zero-order valence-corrected chi connectivity index (χ0v) is 14.6. The number of H-pyrrole nitrogens is 1. The first-order valence-electron chi connectivity index (χ1n) is 9.16. The van der Waals surface area contributed by atoms with Gasteiger partial charge in [0, 0.05) is 32.3 Å². The average Bonchev–Trinajstić information content (AvgIpc) is 2.98. The molecule has 0 aromatic carbocycles. The van der Waals surface area contributed by atoms with Gasteiger partial charge in [-0.1, -0.05) is 5.16 Å². The van der Waals surface area contributed by atoms with Crippen molar-refractivity contribution < 1.29 is 14.1 Å². The first-order valence-corrected chi connectivity index (χ1v) is 9.16. The van der Waals surface area contributed by atoms with Crippen LogP contribution in [0.2, 0.25) is 0 Å². The Hall–Kier alpha value is -2.64. The molecule has 1 aliphatic carbocycles. The molecule has 2 amide bonds. The summed E-state index contributed by atoms with van der Waals surface area (Å²) in [5.74, 6) is 1.76. The number of carbonyl (C=O) groups excluding carboxylic acids is 2. The molecule has 3 aliphatic rings. The highest BCUT2D eigenvalue weighted by atomic mass is 16.5. The van der Waals surface area contributed by atoms with Crippen LogP contribution in [0.1, 0.15) is 58.9 Å². The van der Waals surface area contributed by atoms with Crippen molar-refractivity contribution in [2.24, 2.45) is 0 Å². The Morgan fingerprint density at radius 3 is 2.77 bits per heavy atom. The molecule has 4 heterocycles. The molecule has 2 aromatic heterocycles. The van der Waals surface area contributed by atoms with Crippen molar-refractivity contribution in [1.29, 1.82) is 0 Å². The third-order valence-corrected chi connectivity index (χ3v) is 5.65. The second-order valence-electron chi connectivity index (χ2n) is 7.57. The van der Waals surface area contributed by atoms with Crippen molar-refractivity contribution >= 4 is 11.8 Å². The lowest BCUT2D eigenvalue weighted by Gasteiger charge is -2.44. The Labute approximate surface area is 150 Å². The molecule has 1 atom stereocenters. The summed E-state index contributed by atoms with van der Waals surface area (Å²) in [5.41, 5.74) is 1.86. The van der Waals surface area contributed by atoms with Crippen LogP contribution in [0, 0.1) is 6.92 Å². The predicted molar refractivity (Wildman–Crippen MR) is 90.6 cm³/mol. The highest BCUT2D eigenvalue weighted by Crippen LogP contribution is 2.42. The molecule has 26 heavy (non-hydrogen) atoms. The summed E-state index contributed by atoms with van der Waals surface area (Å²) < 4.78 is 5.22. The number of aryl methyl sites for hydroxylation is 1. The monoisotopic (exact) mass is 355 g/mol. The number of likely N-dealkylation sites (tertiary alicyclic amines) is 2. The van der Waals surface area contributed by atoms with Gasteiger partial charge in [0.1, 0.15) is 5.69 Å². The lowest BCUT2D eigenvalue weighted by molar-refractivity contribution is -0.132. The molecule has 1 saturated carbocycles. The van der Waals surface area contributed by atoms with Gasteiger partial charge in [0.15, 0.2) is 5.82 Å². The summed E-state index contributed by atoms with van der Waals surface area (Å²) in [7, 11) is 0. The summed E-state index contributed by atoms with van der Waals surface area (Å²) in [6, 6.07) is 2.10. The minimum Gasteiger partial charge on any atom is -0.357 e. The van der Waals surface area contributed by atoms with E-state index in [4.69, 9.17) is 4.52 Å². The number of rotatable bonds is 4. The molecule has 0 bridgehead atoms. The van der Waals surface area contributed by atoms with E-state index in [9.17, 15) is 9.59 Å². The van der Waals surface area contributed by atoms with Gasteiger partial charge in [-0.3, -0.25) is 9.59 Å². The van der Waals surface area contributed by atoms with Crippen LogP contribution in [0.3, 0.4) is 0 Å². The summed E-state index contributed by atoms with van der Waals surface area (Å²) in [5, 5.41) is 3.81. The van der Waals surface area contributed by atoms with Crippen molar-refractivity contribution in [1.82, 2.24) is 24.9 Å². The fraction of sp³-hybridized carbons (Fsp3) is 0.556. The van der Waals surface area contributed by atoms with E-state index in [0.717, 1.165) is 11.3 Å². The minimum atomic E-state index is -0.0432. The largest absolute Gasteiger partial charge is 0.357 e. The van der Waals surface area contributed by atoms with Gasteiger partial charge in [-0.05, 0) is 37.3 Å². The lowest BCUT2D eigenvalue weighted by atomic mass is 10.0. The van der Waals surface area contributed by atoms with Gasteiger partial charge < -0.3 is 19.3 Å². The number of nitrogens with one attached hydrogen (secondary N) is 1. The van der Waals surface area contributed by atoms with E-state index in [1.165, 1.54) is 12.8 Å². The van der Waals surface area contributed by atoms with E-state index in [2.05, 4.69) is 15.1 Å². The molecule has 136 valence electrons. The molecular weight excluding hydrogens is 334 g/mol. The van der Waals surface area contributed by atoms with E-state index in [-0.39, 0.29) is 23.8 Å². The maximum absolute atomic E-state index is 12.7. The van der Waals surface area contributed by atoms with Crippen LogP contribution >= 0.6 is 0 Å². The molecule has 2 saturated heterocycles. The lowest BCUT2D eigenvalue weighted by Crippen LogP contribution is -2.61. The van der Waals surface area contributed by atoms with Gasteiger partial charge in [0.25, 0.3) is 5.91 Å². The normalized spacial score (nSPS) is 23.6. The number of hydrogen-bond donors (Lipinski definition) is 1. The molecule has 2 aromatic rings. The molecule has 1 N–H and O–H groups in total. The standard InChI is InChI=1S/C18H21N5O3/c1-10-20-17(26-21-10)12-6-15(24)23(7-12)13-8-22(9-13)18(25)16-14(4-5-19-16)11-2-3-11/h4-5,11-13,19H,2-3,6-9H2,1H3. The van der Waals surface area contributed by atoms with Gasteiger partial charge in [-0.25, -0.2) is 0 Å². The van der Waals surface area contributed by atoms with Crippen LogP contribution in [0.15, 0.2) is 16.8 Å². The van der Waals surface area contributed by atoms with Crippen molar-refractivity contribution in [3.63, 3.8) is 0 Å². The number of aromatic amines is 1. The van der Waals surface area contributed by atoms with Crippen LogP contribution in [-0.2, 0) is 4.79 Å². The highest BCUT2D eigenvalue weighted by molar-refractivity contribution is 5.95. The number of hydrogen-bond acceptors (Lipinski definition) is 5. The smallest absolute Gasteiger partial charge is 0.270 e. The number of nitrogens with zero attached hydrogens (tertiary/aromatic N) is 4. The van der Waals surface area contributed by atoms with Gasteiger partial charge in [-0.2, -0.15) is 4.98 Å². The number of aromatic nitrogens is 3. The molecule has 8 nitrogen and oxygen atoms in total. The Morgan fingerprint density at radius 2 is 2.08 bits per heavy atom. The number of carbonyl (C=O) groups is 2. The van der Waals surface area contributed by atoms with E-state index in [0.29, 0.717) is 43.7 Å². The second kappa shape index (κ2) is 5.69. The van der Waals surface area contributed by atoms with Crippen molar-refractivity contribution in [3.8, 4) is 0 Å². The third kappa shape index (κ3) is 2.51. The average molecular weight is 355 g/mol. The molecule has 2 aliphatic heterocycles. The highest BCUT2D eigenvalue weighted by Gasteiger charge is 2.44. The van der Waals surface area contributed by atoms with E-state index < -0.39 is 0 Å². The number of amides is 2. The van der Waals surface area contributed by atoms with Crippen LogP contribution < -0.4 is 0 Å². The summed E-state index contributed by atoms with van der Waals surface area (Å²) in [6.07, 6.45) is 4.58. The second-order valence-corrected chi connectivity index (χ2v) is 7.57. The zero-order valence-electron chi connectivity index (χ0n) is 14.6. The fourth-order valence-electron chi connectivity index (χ4n) is 4.01. The van der Waals surface area contributed by atoms with Gasteiger partial charge in [0.2, 0.25) is 11.8 Å². The van der Waals surface area contributed by atoms with Crippen molar-refractivity contribution in [2.75, 3.05) is 19.6 Å². The molecule has 1 unspecified atom stereocenters. The Bertz CT molecular complexity index is 862. The van der Waals surface area contributed by atoms with E-state index in [1.54, 1.807) is 6.92 Å². The Kier molecular flexibility index (Phi) is 3.41. The fourth-order valence-corrected chi connectivity index (χ4v) is 4.01. The molecule has 0 radical (unpaired) electrons. The maximum Gasteiger partial charge on any atom is 0.270 e. The third-order valence-electron chi connectivity index (χ3n) is 5.65. The first kappa shape index (κ1) is 15.6. The molecule has 3 fully saturated rings. The van der Waals surface area contributed by atoms with Gasteiger partial charge in [-0.15, -0.1) is 0 Å². The SMILES string of the molecule is Cc1noc(C2CC(=O)N(C3CN(C(=O)c4[nH]ccc4C4CC4)C3)C2)n1. The molecular formula is C18H21N5O3. The van der Waals surface area contributed by atoms with Crippen LogP contribution in [0.25, 0.3) is 0 Å². The van der Waals surface area contributed by atoms with Crippen LogP contribution in [-0.4, -0.2) is 62.4 Å². The van der Waals surface area contributed by atoms with Crippen molar-refractivity contribution in [2.45, 2.75) is 44.1 Å².